The predicted molar refractivity (Wildman–Crippen MR) is 89.8 cm³/mol. The van der Waals surface area contributed by atoms with Crippen molar-refractivity contribution in [3.05, 3.63) is 59.1 Å². The van der Waals surface area contributed by atoms with Gasteiger partial charge in [-0.1, -0.05) is 18.4 Å². The fraction of sp³-hybridized carbons (Fsp3) is 0.0588. The predicted octanol–water partition coefficient (Wildman–Crippen LogP) is 3.16. The Kier molecular flexibility index (Phi) is 3.77. The highest BCUT2D eigenvalue weighted by atomic mass is 32.1. The number of anilines is 1. The Morgan fingerprint density at radius 1 is 1.50 bits per heavy atom. The number of pyridine rings is 1. The van der Waals surface area contributed by atoms with Gasteiger partial charge >= 0.3 is 0 Å². The van der Waals surface area contributed by atoms with Gasteiger partial charge in [-0.2, -0.15) is 11.3 Å². The zero-order valence-electron chi connectivity index (χ0n) is 12.0. The molecule has 0 saturated heterocycles. The standard InChI is InChI=1S/C17H13N3OS/c1-3-16(21)19-14-8-15-13(5-4-12-6-7-22-11-12)10-20(2)17(15)18-9-14/h3,6-11H,1H2,2H3,(H,19,21). The lowest BCUT2D eigenvalue weighted by atomic mass is 10.2. The van der Waals surface area contributed by atoms with Crippen LogP contribution in [-0.4, -0.2) is 15.5 Å². The van der Waals surface area contributed by atoms with Crippen LogP contribution in [0.3, 0.4) is 0 Å². The third-order valence-electron chi connectivity index (χ3n) is 3.13. The van der Waals surface area contributed by atoms with Crippen molar-refractivity contribution in [2.24, 2.45) is 7.05 Å². The van der Waals surface area contributed by atoms with Crippen LogP contribution >= 0.6 is 11.3 Å². The number of nitrogens with zero attached hydrogens (tertiary/aromatic N) is 2. The summed E-state index contributed by atoms with van der Waals surface area (Å²) < 4.78 is 1.92. The van der Waals surface area contributed by atoms with Crippen LogP contribution in [0.2, 0.25) is 0 Å². The van der Waals surface area contributed by atoms with Crippen molar-refractivity contribution in [2.45, 2.75) is 0 Å². The Balaban J connectivity index is 2.04. The Morgan fingerprint density at radius 3 is 3.09 bits per heavy atom. The first-order valence-corrected chi connectivity index (χ1v) is 7.54. The first-order chi connectivity index (χ1) is 10.7. The van der Waals surface area contributed by atoms with Crippen LogP contribution in [0.4, 0.5) is 5.69 Å². The number of rotatable bonds is 2. The summed E-state index contributed by atoms with van der Waals surface area (Å²) in [5, 5.41) is 7.63. The van der Waals surface area contributed by atoms with Gasteiger partial charge in [0.2, 0.25) is 5.91 Å². The van der Waals surface area contributed by atoms with E-state index >= 15 is 0 Å². The Morgan fingerprint density at radius 2 is 2.36 bits per heavy atom. The molecule has 0 aromatic carbocycles. The van der Waals surface area contributed by atoms with Crippen molar-refractivity contribution in [1.29, 1.82) is 0 Å². The molecule has 0 unspecified atom stereocenters. The van der Waals surface area contributed by atoms with E-state index in [0.717, 1.165) is 22.2 Å². The zero-order valence-corrected chi connectivity index (χ0v) is 12.8. The molecule has 22 heavy (non-hydrogen) atoms. The van der Waals surface area contributed by atoms with Crippen LogP contribution in [0.15, 0.2) is 47.9 Å². The summed E-state index contributed by atoms with van der Waals surface area (Å²) in [6.07, 6.45) is 4.79. The summed E-state index contributed by atoms with van der Waals surface area (Å²) in [5.74, 6) is 6.04. The van der Waals surface area contributed by atoms with Crippen molar-refractivity contribution in [3.8, 4) is 11.8 Å². The van der Waals surface area contributed by atoms with E-state index in [1.54, 1.807) is 17.5 Å². The first-order valence-electron chi connectivity index (χ1n) is 6.60. The third-order valence-corrected chi connectivity index (χ3v) is 3.81. The van der Waals surface area contributed by atoms with E-state index in [-0.39, 0.29) is 5.91 Å². The molecule has 3 rings (SSSR count). The van der Waals surface area contributed by atoms with E-state index in [4.69, 9.17) is 0 Å². The van der Waals surface area contributed by atoms with E-state index in [1.807, 2.05) is 40.7 Å². The normalized spacial score (nSPS) is 10.0. The number of carbonyl (C=O) groups is 1. The maximum Gasteiger partial charge on any atom is 0.247 e. The van der Waals surface area contributed by atoms with Gasteiger partial charge in [0.25, 0.3) is 0 Å². The third kappa shape index (κ3) is 2.78. The van der Waals surface area contributed by atoms with Gasteiger partial charge in [0.1, 0.15) is 5.65 Å². The van der Waals surface area contributed by atoms with Gasteiger partial charge in [-0.05, 0) is 23.6 Å². The summed E-state index contributed by atoms with van der Waals surface area (Å²) >= 11 is 1.62. The van der Waals surface area contributed by atoms with Crippen molar-refractivity contribution in [3.63, 3.8) is 0 Å². The molecule has 0 aliphatic carbocycles. The summed E-state index contributed by atoms with van der Waals surface area (Å²) in [7, 11) is 1.92. The zero-order chi connectivity index (χ0) is 15.5. The second kappa shape index (κ2) is 5.88. The van der Waals surface area contributed by atoms with Crippen molar-refractivity contribution in [1.82, 2.24) is 9.55 Å². The average Bonchev–Trinajstić information content (AvgIpc) is 3.13. The quantitative estimate of drug-likeness (QED) is 0.584. The van der Waals surface area contributed by atoms with Crippen LogP contribution in [0.5, 0.6) is 0 Å². The molecule has 0 atom stereocenters. The first kappa shape index (κ1) is 14.1. The fourth-order valence-electron chi connectivity index (χ4n) is 2.10. The molecule has 0 bridgehead atoms. The largest absolute Gasteiger partial charge is 0.334 e. The van der Waals surface area contributed by atoms with Crippen LogP contribution < -0.4 is 5.32 Å². The molecular weight excluding hydrogens is 294 g/mol. The summed E-state index contributed by atoms with van der Waals surface area (Å²) in [5.41, 5.74) is 3.32. The topological polar surface area (TPSA) is 46.9 Å². The van der Waals surface area contributed by atoms with E-state index < -0.39 is 0 Å². The number of hydrogen-bond acceptors (Lipinski definition) is 3. The molecule has 3 aromatic heterocycles. The molecule has 0 spiro atoms. The highest BCUT2D eigenvalue weighted by molar-refractivity contribution is 7.08. The number of aryl methyl sites for hydroxylation is 1. The lowest BCUT2D eigenvalue weighted by Gasteiger charge is -2.02. The van der Waals surface area contributed by atoms with Gasteiger partial charge in [0.05, 0.1) is 17.4 Å². The number of aromatic nitrogens is 2. The summed E-state index contributed by atoms with van der Waals surface area (Å²) in [6, 6.07) is 3.86. The molecule has 3 heterocycles. The van der Waals surface area contributed by atoms with Gasteiger partial charge in [0.15, 0.2) is 0 Å². The van der Waals surface area contributed by atoms with Crippen LogP contribution in [0.1, 0.15) is 11.1 Å². The molecule has 108 valence electrons. The lowest BCUT2D eigenvalue weighted by molar-refractivity contribution is -0.111. The SMILES string of the molecule is C=CC(=O)Nc1cnc2c(c1)c(C#Cc1ccsc1)cn2C. The highest BCUT2D eigenvalue weighted by Gasteiger charge is 2.08. The number of thiophene rings is 1. The van der Waals surface area contributed by atoms with E-state index in [9.17, 15) is 4.79 Å². The number of nitrogens with one attached hydrogen (secondary N) is 1. The van der Waals surface area contributed by atoms with Gasteiger partial charge in [-0.3, -0.25) is 4.79 Å². The minimum atomic E-state index is -0.261. The van der Waals surface area contributed by atoms with Gasteiger partial charge in [-0.25, -0.2) is 4.98 Å². The maximum absolute atomic E-state index is 11.4. The van der Waals surface area contributed by atoms with Crippen molar-refractivity contribution >= 4 is 34.0 Å². The average molecular weight is 307 g/mol. The monoisotopic (exact) mass is 307 g/mol. The Hall–Kier alpha value is -2.84. The number of carbonyl (C=O) groups excluding carboxylic acids is 1. The highest BCUT2D eigenvalue weighted by Crippen LogP contribution is 2.21. The molecule has 0 fully saturated rings. The summed E-state index contributed by atoms with van der Waals surface area (Å²) in [6.45, 7) is 3.44. The van der Waals surface area contributed by atoms with E-state index in [2.05, 4.69) is 28.7 Å². The molecule has 3 aromatic rings. The van der Waals surface area contributed by atoms with Gasteiger partial charge < -0.3 is 9.88 Å². The fourth-order valence-corrected chi connectivity index (χ4v) is 2.69. The van der Waals surface area contributed by atoms with Crippen LogP contribution in [-0.2, 0) is 11.8 Å². The Labute approximate surface area is 132 Å². The minimum absolute atomic E-state index is 0.261. The molecule has 4 nitrogen and oxygen atoms in total. The van der Waals surface area contributed by atoms with Gasteiger partial charge in [-0.15, -0.1) is 0 Å². The van der Waals surface area contributed by atoms with Crippen LogP contribution in [0, 0.1) is 11.8 Å². The van der Waals surface area contributed by atoms with Gasteiger partial charge in [0, 0.05) is 29.6 Å². The lowest BCUT2D eigenvalue weighted by Crippen LogP contribution is -2.07. The molecule has 0 aliphatic heterocycles. The van der Waals surface area contributed by atoms with Crippen molar-refractivity contribution in [2.75, 3.05) is 5.32 Å². The number of hydrogen-bond donors (Lipinski definition) is 1. The Bertz CT molecular complexity index is 911. The maximum atomic E-state index is 11.4. The smallest absolute Gasteiger partial charge is 0.247 e. The summed E-state index contributed by atoms with van der Waals surface area (Å²) in [4.78, 5) is 15.8. The number of amides is 1. The minimum Gasteiger partial charge on any atom is -0.334 e. The second-order valence-electron chi connectivity index (χ2n) is 4.70. The molecular formula is C17H13N3OS. The molecule has 1 amide bonds. The molecule has 0 radical (unpaired) electrons. The van der Waals surface area contributed by atoms with Crippen LogP contribution in [0.25, 0.3) is 11.0 Å². The molecule has 5 heteroatoms. The van der Waals surface area contributed by atoms with E-state index in [0.29, 0.717) is 5.69 Å². The van der Waals surface area contributed by atoms with E-state index in [1.165, 1.54) is 6.08 Å². The molecule has 1 N–H and O–H groups in total. The van der Waals surface area contributed by atoms with Crippen molar-refractivity contribution < 1.29 is 4.79 Å². The number of fused-ring (bicyclic) bond motifs is 1. The molecule has 0 aliphatic rings. The second-order valence-corrected chi connectivity index (χ2v) is 5.48. The molecule has 0 saturated carbocycles.